The minimum atomic E-state index is -2.77. The molecule has 0 aromatic rings. The van der Waals surface area contributed by atoms with Crippen molar-refractivity contribution in [2.75, 3.05) is 32.1 Å². The van der Waals surface area contributed by atoms with E-state index in [0.717, 1.165) is 13.0 Å². The van der Waals surface area contributed by atoms with Gasteiger partial charge in [0.25, 0.3) is 0 Å². The fraction of sp³-hybridized carbons (Fsp3) is 1.00. The first-order valence-electron chi connectivity index (χ1n) is 7.33. The van der Waals surface area contributed by atoms with Gasteiger partial charge in [-0.2, -0.15) is 0 Å². The topological polar surface area (TPSA) is 49.4 Å². The van der Waals surface area contributed by atoms with Gasteiger partial charge in [0.2, 0.25) is 0 Å². The number of rotatable bonds is 4. The zero-order valence-electron chi connectivity index (χ0n) is 12.6. The van der Waals surface area contributed by atoms with Gasteiger partial charge in [0.1, 0.15) is 0 Å². The largest absolute Gasteiger partial charge is 0.316 e. The third-order valence-electron chi connectivity index (χ3n) is 5.14. The maximum atomic E-state index is 11.6. The van der Waals surface area contributed by atoms with Crippen LogP contribution in [0.5, 0.6) is 0 Å². The quantitative estimate of drug-likeness (QED) is 0.842. The van der Waals surface area contributed by atoms with Crippen LogP contribution in [0.1, 0.15) is 33.1 Å². The van der Waals surface area contributed by atoms with Crippen LogP contribution in [-0.2, 0) is 9.84 Å². The molecule has 19 heavy (non-hydrogen) atoms. The van der Waals surface area contributed by atoms with Gasteiger partial charge < -0.3 is 10.2 Å². The summed E-state index contributed by atoms with van der Waals surface area (Å²) in [6.07, 6.45) is 3.29. The molecule has 0 aromatic heterocycles. The molecule has 4 nitrogen and oxygen atoms in total. The molecule has 5 heteroatoms. The lowest BCUT2D eigenvalue weighted by Gasteiger charge is -2.34. The van der Waals surface area contributed by atoms with Crippen LogP contribution in [0.2, 0.25) is 0 Å². The second kappa shape index (κ2) is 5.34. The summed E-state index contributed by atoms with van der Waals surface area (Å²) in [6.45, 7) is 5.66. The van der Waals surface area contributed by atoms with Gasteiger partial charge in [0.15, 0.2) is 9.84 Å². The van der Waals surface area contributed by atoms with E-state index in [1.54, 1.807) is 0 Å². The average Bonchev–Trinajstić information content (AvgIpc) is 2.79. The van der Waals surface area contributed by atoms with Crippen LogP contribution >= 0.6 is 0 Å². The number of sulfone groups is 1. The van der Waals surface area contributed by atoms with E-state index >= 15 is 0 Å². The lowest BCUT2D eigenvalue weighted by molar-refractivity contribution is 0.183. The highest BCUT2D eigenvalue weighted by atomic mass is 32.2. The predicted octanol–water partition coefficient (Wildman–Crippen LogP) is 1.13. The highest BCUT2D eigenvalue weighted by Crippen LogP contribution is 2.41. The van der Waals surface area contributed by atoms with Crippen molar-refractivity contribution in [1.29, 1.82) is 0 Å². The molecular formula is C14H28N2O2S. The fourth-order valence-electron chi connectivity index (χ4n) is 3.98. The molecule has 2 rings (SSSR count). The SMILES string of the molecule is CNC1C(CN(C)C2CCS(=O)(=O)C2)CCC1(C)C. The third kappa shape index (κ3) is 3.31. The van der Waals surface area contributed by atoms with Gasteiger partial charge in [-0.25, -0.2) is 8.42 Å². The zero-order valence-corrected chi connectivity index (χ0v) is 13.5. The Hall–Kier alpha value is -0.130. The van der Waals surface area contributed by atoms with E-state index in [1.165, 1.54) is 12.8 Å². The normalized spacial score (nSPS) is 37.0. The lowest BCUT2D eigenvalue weighted by Crippen LogP contribution is -2.45. The maximum Gasteiger partial charge on any atom is 0.151 e. The number of hydrogen-bond donors (Lipinski definition) is 1. The van der Waals surface area contributed by atoms with Crippen molar-refractivity contribution in [2.24, 2.45) is 11.3 Å². The molecular weight excluding hydrogens is 260 g/mol. The highest BCUT2D eigenvalue weighted by molar-refractivity contribution is 7.91. The summed E-state index contributed by atoms with van der Waals surface area (Å²) in [7, 11) is 1.36. The van der Waals surface area contributed by atoms with Crippen LogP contribution in [0, 0.1) is 11.3 Å². The second-order valence-electron chi connectivity index (χ2n) is 7.05. The zero-order chi connectivity index (χ0) is 14.3. The Balaban J connectivity index is 1.95. The molecule has 2 aliphatic rings. The first-order valence-corrected chi connectivity index (χ1v) is 9.15. The monoisotopic (exact) mass is 288 g/mol. The van der Waals surface area contributed by atoms with Crippen LogP contribution in [0.25, 0.3) is 0 Å². The first-order chi connectivity index (χ1) is 8.75. The Bertz CT molecular complexity index is 419. The van der Waals surface area contributed by atoms with Crippen molar-refractivity contribution >= 4 is 9.84 Å². The smallest absolute Gasteiger partial charge is 0.151 e. The molecule has 0 amide bonds. The Labute approximate surface area is 117 Å². The van der Waals surface area contributed by atoms with Gasteiger partial charge in [-0.1, -0.05) is 13.8 Å². The molecule has 1 aliphatic carbocycles. The average molecular weight is 288 g/mol. The molecule has 1 saturated heterocycles. The molecule has 1 N–H and O–H groups in total. The Morgan fingerprint density at radius 2 is 2.00 bits per heavy atom. The van der Waals surface area contributed by atoms with Gasteiger partial charge in [0, 0.05) is 18.6 Å². The second-order valence-corrected chi connectivity index (χ2v) is 9.28. The van der Waals surface area contributed by atoms with Crippen LogP contribution in [-0.4, -0.2) is 57.5 Å². The van der Waals surface area contributed by atoms with E-state index in [0.29, 0.717) is 28.9 Å². The molecule has 0 radical (unpaired) electrons. The Kier molecular flexibility index (Phi) is 4.29. The van der Waals surface area contributed by atoms with Crippen molar-refractivity contribution < 1.29 is 8.42 Å². The summed E-state index contributed by atoms with van der Waals surface area (Å²) in [5.74, 6) is 1.35. The molecule has 2 fully saturated rings. The molecule has 3 atom stereocenters. The van der Waals surface area contributed by atoms with Gasteiger partial charge >= 0.3 is 0 Å². The number of nitrogens with zero attached hydrogens (tertiary/aromatic N) is 1. The Morgan fingerprint density at radius 1 is 1.32 bits per heavy atom. The molecule has 0 spiro atoms. The number of hydrogen-bond acceptors (Lipinski definition) is 4. The summed E-state index contributed by atoms with van der Waals surface area (Å²) < 4.78 is 23.1. The van der Waals surface area contributed by atoms with Gasteiger partial charge in [-0.05, 0) is 44.7 Å². The van der Waals surface area contributed by atoms with Crippen molar-refractivity contribution in [2.45, 2.75) is 45.2 Å². The third-order valence-corrected chi connectivity index (χ3v) is 6.89. The summed E-state index contributed by atoms with van der Waals surface area (Å²) in [5.41, 5.74) is 0.349. The molecule has 112 valence electrons. The summed E-state index contributed by atoms with van der Waals surface area (Å²) in [5, 5.41) is 3.47. The van der Waals surface area contributed by atoms with E-state index in [9.17, 15) is 8.42 Å². The predicted molar refractivity (Wildman–Crippen MR) is 79.0 cm³/mol. The molecule has 1 heterocycles. The van der Waals surface area contributed by atoms with Gasteiger partial charge in [-0.15, -0.1) is 0 Å². The maximum absolute atomic E-state index is 11.6. The fourth-order valence-corrected chi connectivity index (χ4v) is 5.79. The first kappa shape index (κ1) is 15.3. The number of nitrogens with one attached hydrogen (secondary N) is 1. The lowest BCUT2D eigenvalue weighted by atomic mass is 9.85. The van der Waals surface area contributed by atoms with E-state index in [1.807, 2.05) is 7.05 Å². The van der Waals surface area contributed by atoms with E-state index in [-0.39, 0.29) is 6.04 Å². The van der Waals surface area contributed by atoms with Crippen molar-refractivity contribution in [1.82, 2.24) is 10.2 Å². The Morgan fingerprint density at radius 3 is 2.53 bits per heavy atom. The highest BCUT2D eigenvalue weighted by Gasteiger charge is 2.42. The summed E-state index contributed by atoms with van der Waals surface area (Å²) in [6, 6.07) is 0.763. The minimum absolute atomic E-state index is 0.228. The molecule has 3 unspecified atom stereocenters. The van der Waals surface area contributed by atoms with E-state index < -0.39 is 9.84 Å². The van der Waals surface area contributed by atoms with Crippen LogP contribution in [0.3, 0.4) is 0 Å². The molecule has 1 saturated carbocycles. The van der Waals surface area contributed by atoms with Gasteiger partial charge in [-0.3, -0.25) is 0 Å². The molecule has 1 aliphatic heterocycles. The van der Waals surface area contributed by atoms with Crippen LogP contribution in [0.4, 0.5) is 0 Å². The van der Waals surface area contributed by atoms with E-state index in [2.05, 4.69) is 31.1 Å². The summed E-state index contributed by atoms with van der Waals surface area (Å²) in [4.78, 5) is 2.28. The summed E-state index contributed by atoms with van der Waals surface area (Å²) >= 11 is 0. The van der Waals surface area contributed by atoms with Crippen molar-refractivity contribution in [3.8, 4) is 0 Å². The molecule has 0 aromatic carbocycles. The van der Waals surface area contributed by atoms with Gasteiger partial charge in [0.05, 0.1) is 11.5 Å². The van der Waals surface area contributed by atoms with E-state index in [4.69, 9.17) is 0 Å². The van der Waals surface area contributed by atoms with Crippen molar-refractivity contribution in [3.63, 3.8) is 0 Å². The van der Waals surface area contributed by atoms with Crippen LogP contribution in [0.15, 0.2) is 0 Å². The standard InChI is InChI=1S/C14H28N2O2S/c1-14(2)7-5-11(13(14)15-3)9-16(4)12-6-8-19(17,18)10-12/h11-13,15H,5-10H2,1-4H3. The van der Waals surface area contributed by atoms with Crippen LogP contribution < -0.4 is 5.32 Å². The molecule has 0 bridgehead atoms. The minimum Gasteiger partial charge on any atom is -0.316 e. The van der Waals surface area contributed by atoms with Crippen molar-refractivity contribution in [3.05, 3.63) is 0 Å².